The third kappa shape index (κ3) is 6.64. The zero-order valence-corrected chi connectivity index (χ0v) is 13.0. The summed E-state index contributed by atoms with van der Waals surface area (Å²) in [4.78, 5) is 12.0. The number of nitrogens with one attached hydrogen (secondary N) is 1. The summed E-state index contributed by atoms with van der Waals surface area (Å²) < 4.78 is 0. The van der Waals surface area contributed by atoms with Gasteiger partial charge in [-0.1, -0.05) is 27.7 Å². The van der Waals surface area contributed by atoms with Crippen molar-refractivity contribution in [1.82, 2.24) is 5.32 Å². The van der Waals surface area contributed by atoms with Crippen molar-refractivity contribution in [3.05, 3.63) is 0 Å². The van der Waals surface area contributed by atoms with Gasteiger partial charge in [0.1, 0.15) is 0 Å². The van der Waals surface area contributed by atoms with Crippen molar-refractivity contribution in [2.24, 2.45) is 10.8 Å². The minimum absolute atomic E-state index is 0.0323. The topological polar surface area (TPSA) is 52.9 Å². The molecule has 1 amide bonds. The molecule has 0 aromatic rings. The lowest BCUT2D eigenvalue weighted by molar-refractivity contribution is -0.124. The van der Waals surface area contributed by atoms with Gasteiger partial charge in [0.25, 0.3) is 0 Å². The van der Waals surface area contributed by atoms with Crippen molar-refractivity contribution < 1.29 is 4.79 Å². The smallest absolute Gasteiger partial charge is 0.222 e. The molecular formula is C15H28N2O. The van der Waals surface area contributed by atoms with Crippen LogP contribution in [0.5, 0.6) is 0 Å². The second-order valence-corrected chi connectivity index (χ2v) is 7.37. The SMILES string of the molecule is CCC(C)(CC(C)(C)C)NC(=O)CC(C)(C)C#N. The third-order valence-corrected chi connectivity index (χ3v) is 3.05. The van der Waals surface area contributed by atoms with Crippen LogP contribution in [-0.2, 0) is 4.79 Å². The van der Waals surface area contributed by atoms with Gasteiger partial charge in [-0.2, -0.15) is 5.26 Å². The molecule has 0 saturated heterocycles. The predicted molar refractivity (Wildman–Crippen MR) is 74.9 cm³/mol. The number of nitrogens with zero attached hydrogens (tertiary/aromatic N) is 1. The fourth-order valence-corrected chi connectivity index (χ4v) is 2.25. The van der Waals surface area contributed by atoms with Crippen LogP contribution in [0, 0.1) is 22.2 Å². The molecule has 104 valence electrons. The molecule has 0 aliphatic rings. The van der Waals surface area contributed by atoms with Gasteiger partial charge in [0.05, 0.1) is 11.5 Å². The van der Waals surface area contributed by atoms with E-state index in [1.165, 1.54) is 0 Å². The fourth-order valence-electron chi connectivity index (χ4n) is 2.25. The fraction of sp³-hybridized carbons (Fsp3) is 0.867. The Labute approximate surface area is 112 Å². The first-order chi connectivity index (χ1) is 7.93. The Bertz CT molecular complexity index is 333. The number of hydrogen-bond donors (Lipinski definition) is 1. The minimum atomic E-state index is -0.597. The van der Waals surface area contributed by atoms with Crippen LogP contribution in [0.25, 0.3) is 0 Å². The van der Waals surface area contributed by atoms with Crippen LogP contribution in [0.2, 0.25) is 0 Å². The van der Waals surface area contributed by atoms with E-state index < -0.39 is 5.41 Å². The lowest BCUT2D eigenvalue weighted by Gasteiger charge is -2.36. The first-order valence-electron chi connectivity index (χ1n) is 6.65. The first kappa shape index (κ1) is 17.0. The maximum Gasteiger partial charge on any atom is 0.222 e. The van der Waals surface area contributed by atoms with Crippen LogP contribution >= 0.6 is 0 Å². The Morgan fingerprint density at radius 1 is 1.17 bits per heavy atom. The highest BCUT2D eigenvalue weighted by Gasteiger charge is 2.31. The Balaban J connectivity index is 4.65. The molecule has 0 heterocycles. The van der Waals surface area contributed by atoms with Gasteiger partial charge >= 0.3 is 0 Å². The van der Waals surface area contributed by atoms with Gasteiger partial charge in [0.15, 0.2) is 0 Å². The molecule has 0 aliphatic carbocycles. The summed E-state index contributed by atoms with van der Waals surface area (Å²) in [6.07, 6.45) is 2.07. The molecule has 3 heteroatoms. The molecule has 0 aliphatic heterocycles. The number of nitriles is 1. The van der Waals surface area contributed by atoms with Gasteiger partial charge in [-0.05, 0) is 39.0 Å². The molecular weight excluding hydrogens is 224 g/mol. The molecule has 0 saturated carbocycles. The highest BCUT2D eigenvalue weighted by Crippen LogP contribution is 2.30. The monoisotopic (exact) mass is 252 g/mol. The Morgan fingerprint density at radius 3 is 2.00 bits per heavy atom. The van der Waals surface area contributed by atoms with Crippen molar-refractivity contribution in [3.8, 4) is 6.07 Å². The van der Waals surface area contributed by atoms with Gasteiger partial charge < -0.3 is 5.32 Å². The van der Waals surface area contributed by atoms with E-state index in [1.54, 1.807) is 13.8 Å². The molecule has 0 aromatic carbocycles. The minimum Gasteiger partial charge on any atom is -0.351 e. The number of hydrogen-bond acceptors (Lipinski definition) is 2. The maximum atomic E-state index is 12.0. The Kier molecular flexibility index (Phi) is 5.40. The Hall–Kier alpha value is -1.04. The van der Waals surface area contributed by atoms with Gasteiger partial charge in [0, 0.05) is 12.0 Å². The molecule has 0 fully saturated rings. The van der Waals surface area contributed by atoms with E-state index >= 15 is 0 Å². The first-order valence-corrected chi connectivity index (χ1v) is 6.65. The zero-order chi connectivity index (χ0) is 14.6. The largest absolute Gasteiger partial charge is 0.351 e. The van der Waals surface area contributed by atoms with Gasteiger partial charge in [-0.3, -0.25) is 4.79 Å². The molecule has 3 nitrogen and oxygen atoms in total. The lowest BCUT2D eigenvalue weighted by Crippen LogP contribution is -2.48. The van der Waals surface area contributed by atoms with E-state index in [0.29, 0.717) is 0 Å². The van der Waals surface area contributed by atoms with E-state index in [9.17, 15) is 4.79 Å². The summed E-state index contributed by atoms with van der Waals surface area (Å²) in [7, 11) is 0. The quantitative estimate of drug-likeness (QED) is 0.812. The summed E-state index contributed by atoms with van der Waals surface area (Å²) in [6.45, 7) is 14.3. The van der Waals surface area contributed by atoms with Crippen LogP contribution in [0.15, 0.2) is 0 Å². The third-order valence-electron chi connectivity index (χ3n) is 3.05. The van der Waals surface area contributed by atoms with Crippen molar-refractivity contribution in [3.63, 3.8) is 0 Å². The van der Waals surface area contributed by atoms with Crippen LogP contribution < -0.4 is 5.32 Å². The molecule has 0 radical (unpaired) electrons. The summed E-state index contributed by atoms with van der Waals surface area (Å²) >= 11 is 0. The lowest BCUT2D eigenvalue weighted by atomic mass is 9.79. The standard InChI is InChI=1S/C15H28N2O/c1-8-15(7,10-13(2,3)4)17-12(18)9-14(5,6)11-16/h8-10H2,1-7H3,(H,17,18). The van der Waals surface area contributed by atoms with Crippen molar-refractivity contribution in [2.75, 3.05) is 0 Å². The molecule has 0 spiro atoms. The number of carbonyl (C=O) groups excluding carboxylic acids is 1. The van der Waals surface area contributed by atoms with E-state index in [2.05, 4.69) is 46.0 Å². The molecule has 0 bridgehead atoms. The molecule has 1 atom stereocenters. The van der Waals surface area contributed by atoms with Gasteiger partial charge in [0.2, 0.25) is 5.91 Å². The molecule has 0 aromatic heterocycles. The van der Waals surface area contributed by atoms with Crippen LogP contribution in [0.3, 0.4) is 0 Å². The summed E-state index contributed by atoms with van der Waals surface area (Å²) in [5, 5.41) is 12.1. The van der Waals surface area contributed by atoms with E-state index in [0.717, 1.165) is 12.8 Å². The van der Waals surface area contributed by atoms with Crippen LogP contribution in [0.1, 0.15) is 67.7 Å². The van der Waals surface area contributed by atoms with E-state index in [-0.39, 0.29) is 23.3 Å². The summed E-state index contributed by atoms with van der Waals surface area (Å²) in [5.41, 5.74) is -0.621. The number of rotatable bonds is 5. The average molecular weight is 252 g/mol. The van der Waals surface area contributed by atoms with Gasteiger partial charge in [-0.25, -0.2) is 0 Å². The predicted octanol–water partition coefficient (Wildman–Crippen LogP) is 3.65. The average Bonchev–Trinajstić information content (AvgIpc) is 2.13. The normalized spacial score (nSPS) is 15.7. The van der Waals surface area contributed by atoms with Crippen molar-refractivity contribution in [2.45, 2.75) is 73.3 Å². The second-order valence-electron chi connectivity index (χ2n) is 7.37. The molecule has 1 unspecified atom stereocenters. The molecule has 1 N–H and O–H groups in total. The van der Waals surface area contributed by atoms with Gasteiger partial charge in [-0.15, -0.1) is 0 Å². The van der Waals surface area contributed by atoms with Crippen molar-refractivity contribution >= 4 is 5.91 Å². The van der Waals surface area contributed by atoms with Crippen molar-refractivity contribution in [1.29, 1.82) is 5.26 Å². The van der Waals surface area contributed by atoms with Crippen LogP contribution in [-0.4, -0.2) is 11.4 Å². The number of carbonyl (C=O) groups is 1. The highest BCUT2D eigenvalue weighted by molar-refractivity contribution is 5.77. The highest BCUT2D eigenvalue weighted by atomic mass is 16.1. The number of amides is 1. The summed E-state index contributed by atoms with van der Waals surface area (Å²) in [5.74, 6) is -0.0323. The molecule has 18 heavy (non-hydrogen) atoms. The maximum absolute atomic E-state index is 12.0. The van der Waals surface area contributed by atoms with Crippen LogP contribution in [0.4, 0.5) is 0 Å². The van der Waals surface area contributed by atoms with E-state index in [1.807, 2.05) is 0 Å². The summed E-state index contributed by atoms with van der Waals surface area (Å²) in [6, 6.07) is 2.16. The Morgan fingerprint density at radius 2 is 1.67 bits per heavy atom. The zero-order valence-electron chi connectivity index (χ0n) is 13.0. The second kappa shape index (κ2) is 5.73. The molecule has 0 rings (SSSR count). The van der Waals surface area contributed by atoms with E-state index in [4.69, 9.17) is 5.26 Å².